The van der Waals surface area contributed by atoms with Gasteiger partial charge >= 0.3 is 0 Å². The molecule has 0 N–H and O–H groups in total. The van der Waals surface area contributed by atoms with Crippen LogP contribution in [-0.4, -0.2) is 28.4 Å². The number of nitrogens with zero attached hydrogens (tertiary/aromatic N) is 1. The summed E-state index contributed by atoms with van der Waals surface area (Å²) >= 11 is 0. The van der Waals surface area contributed by atoms with Crippen LogP contribution >= 0.6 is 0 Å². The summed E-state index contributed by atoms with van der Waals surface area (Å²) in [5.41, 5.74) is 1.47. The third-order valence-electron chi connectivity index (χ3n) is 2.74. The van der Waals surface area contributed by atoms with Crippen molar-refractivity contribution in [1.29, 1.82) is 5.26 Å². The lowest BCUT2D eigenvalue weighted by atomic mass is 10.0. The third-order valence-corrected chi connectivity index (χ3v) is 2.74. The largest absolute Gasteiger partial charge is 0.493 e. The molecule has 19 heavy (non-hydrogen) atoms. The van der Waals surface area contributed by atoms with Crippen LogP contribution in [0.4, 0.5) is 0 Å². The zero-order chi connectivity index (χ0) is 14.4. The fraction of sp³-hybridized carbons (Fsp3) is 0.357. The predicted molar refractivity (Wildman–Crippen MR) is 71.3 cm³/mol. The van der Waals surface area contributed by atoms with Gasteiger partial charge in [-0.3, -0.25) is 0 Å². The second-order valence-corrected chi connectivity index (χ2v) is 3.68. The minimum absolute atomic E-state index is 0.245. The molecule has 0 aliphatic carbocycles. The van der Waals surface area contributed by atoms with E-state index in [2.05, 4.69) is 0 Å². The van der Waals surface area contributed by atoms with E-state index in [-0.39, 0.29) is 5.76 Å². The number of hydrogen-bond donors (Lipinski definition) is 0. The molecule has 1 aromatic carbocycles. The van der Waals surface area contributed by atoms with Crippen molar-refractivity contribution in [3.05, 3.63) is 23.5 Å². The number of allylic oxidation sites excluding steroid dienone is 2. The molecule has 0 fully saturated rings. The molecule has 0 aliphatic heterocycles. The standard InChI is InChI=1S/C14H17NO4/c1-9(13(8-15)18-4)10-6-11(16-2)14(19-5)12(7-10)17-3/h6-7H,1-5H3. The molecule has 1 aromatic rings. The molecule has 0 saturated heterocycles. The Morgan fingerprint density at radius 3 is 1.84 bits per heavy atom. The predicted octanol–water partition coefficient (Wildman–Crippen LogP) is 2.61. The smallest absolute Gasteiger partial charge is 0.203 e. The van der Waals surface area contributed by atoms with Crippen LogP contribution in [0.1, 0.15) is 12.5 Å². The van der Waals surface area contributed by atoms with Gasteiger partial charge in [-0.15, -0.1) is 0 Å². The minimum atomic E-state index is 0.245. The highest BCUT2D eigenvalue weighted by Crippen LogP contribution is 2.40. The van der Waals surface area contributed by atoms with Gasteiger partial charge in [-0.1, -0.05) is 0 Å². The highest BCUT2D eigenvalue weighted by molar-refractivity contribution is 5.72. The summed E-state index contributed by atoms with van der Waals surface area (Å²) < 4.78 is 20.8. The lowest BCUT2D eigenvalue weighted by molar-refractivity contribution is 0.311. The normalized spacial score (nSPS) is 11.2. The van der Waals surface area contributed by atoms with Gasteiger partial charge in [0, 0.05) is 5.57 Å². The van der Waals surface area contributed by atoms with Crippen LogP contribution in [-0.2, 0) is 4.74 Å². The number of nitriles is 1. The van der Waals surface area contributed by atoms with Crippen LogP contribution in [0.5, 0.6) is 17.2 Å². The number of hydrogen-bond acceptors (Lipinski definition) is 5. The van der Waals surface area contributed by atoms with Crippen LogP contribution in [0, 0.1) is 11.3 Å². The van der Waals surface area contributed by atoms with Gasteiger partial charge in [0.05, 0.1) is 28.4 Å². The Labute approximate surface area is 113 Å². The van der Waals surface area contributed by atoms with Gasteiger partial charge in [0.15, 0.2) is 17.3 Å². The molecule has 0 amide bonds. The summed E-state index contributed by atoms with van der Waals surface area (Å²) in [5, 5.41) is 8.99. The van der Waals surface area contributed by atoms with Crippen LogP contribution in [0.2, 0.25) is 0 Å². The average molecular weight is 263 g/mol. The van der Waals surface area contributed by atoms with Crippen molar-refractivity contribution in [3.63, 3.8) is 0 Å². The maximum Gasteiger partial charge on any atom is 0.203 e. The van der Waals surface area contributed by atoms with Gasteiger partial charge in [0.25, 0.3) is 0 Å². The Morgan fingerprint density at radius 2 is 1.53 bits per heavy atom. The van der Waals surface area contributed by atoms with Gasteiger partial charge < -0.3 is 18.9 Å². The first-order valence-electron chi connectivity index (χ1n) is 5.58. The first kappa shape index (κ1) is 14.7. The van der Waals surface area contributed by atoms with Crippen molar-refractivity contribution in [1.82, 2.24) is 0 Å². The summed E-state index contributed by atoms with van der Waals surface area (Å²) in [6.45, 7) is 1.79. The topological polar surface area (TPSA) is 60.7 Å². The molecule has 1 rings (SSSR count). The Kier molecular flexibility index (Phi) is 5.07. The van der Waals surface area contributed by atoms with Gasteiger partial charge in [0.2, 0.25) is 5.75 Å². The second-order valence-electron chi connectivity index (χ2n) is 3.68. The van der Waals surface area contributed by atoms with Crippen LogP contribution in [0.3, 0.4) is 0 Å². The lowest BCUT2D eigenvalue weighted by Crippen LogP contribution is -1.97. The Balaban J connectivity index is 3.48. The average Bonchev–Trinajstić information content (AvgIpc) is 2.46. The maximum atomic E-state index is 8.99. The van der Waals surface area contributed by atoms with E-state index in [0.29, 0.717) is 22.8 Å². The molecule has 0 aromatic heterocycles. The zero-order valence-corrected chi connectivity index (χ0v) is 11.7. The van der Waals surface area contributed by atoms with Gasteiger partial charge in [0.1, 0.15) is 6.07 Å². The number of methoxy groups -OCH3 is 4. The van der Waals surface area contributed by atoms with E-state index in [1.54, 1.807) is 40.4 Å². The van der Waals surface area contributed by atoms with E-state index < -0.39 is 0 Å². The maximum absolute atomic E-state index is 8.99. The molecule has 0 spiro atoms. The first-order chi connectivity index (χ1) is 9.12. The van der Waals surface area contributed by atoms with Crippen molar-refractivity contribution in [3.8, 4) is 23.3 Å². The van der Waals surface area contributed by atoms with Gasteiger partial charge in [-0.2, -0.15) is 5.26 Å². The van der Waals surface area contributed by atoms with Crippen molar-refractivity contribution in [2.45, 2.75) is 6.92 Å². The summed E-state index contributed by atoms with van der Waals surface area (Å²) in [6.07, 6.45) is 0. The highest BCUT2D eigenvalue weighted by Gasteiger charge is 2.15. The summed E-state index contributed by atoms with van der Waals surface area (Å²) in [6, 6.07) is 5.54. The number of rotatable bonds is 5. The van der Waals surface area contributed by atoms with Crippen molar-refractivity contribution >= 4 is 5.57 Å². The fourth-order valence-corrected chi connectivity index (χ4v) is 1.71. The molecule has 0 radical (unpaired) electrons. The van der Waals surface area contributed by atoms with Crippen molar-refractivity contribution in [2.75, 3.05) is 28.4 Å². The highest BCUT2D eigenvalue weighted by atomic mass is 16.5. The quantitative estimate of drug-likeness (QED) is 0.603. The second kappa shape index (κ2) is 6.55. The first-order valence-corrected chi connectivity index (χ1v) is 5.58. The van der Waals surface area contributed by atoms with Crippen LogP contribution < -0.4 is 14.2 Å². The van der Waals surface area contributed by atoms with E-state index in [4.69, 9.17) is 24.2 Å². The Morgan fingerprint density at radius 1 is 1.00 bits per heavy atom. The van der Waals surface area contributed by atoms with Crippen molar-refractivity contribution in [2.24, 2.45) is 0 Å². The van der Waals surface area contributed by atoms with E-state index in [1.807, 2.05) is 6.07 Å². The molecule has 0 saturated carbocycles. The molecular formula is C14H17NO4. The molecule has 0 atom stereocenters. The molecule has 5 nitrogen and oxygen atoms in total. The number of ether oxygens (including phenoxy) is 4. The third kappa shape index (κ3) is 2.91. The van der Waals surface area contributed by atoms with E-state index in [9.17, 15) is 0 Å². The van der Waals surface area contributed by atoms with Crippen molar-refractivity contribution < 1.29 is 18.9 Å². The lowest BCUT2D eigenvalue weighted by Gasteiger charge is -2.14. The Hall–Kier alpha value is -2.35. The number of benzene rings is 1. The SMILES string of the molecule is COC(C#N)=C(C)c1cc(OC)c(OC)c(OC)c1. The zero-order valence-electron chi connectivity index (χ0n) is 11.7. The minimum Gasteiger partial charge on any atom is -0.493 e. The molecule has 0 heterocycles. The molecule has 5 heteroatoms. The van der Waals surface area contributed by atoms with Gasteiger partial charge in [-0.25, -0.2) is 0 Å². The van der Waals surface area contributed by atoms with Crippen LogP contribution in [0.25, 0.3) is 5.57 Å². The van der Waals surface area contributed by atoms with Crippen LogP contribution in [0.15, 0.2) is 17.9 Å². The van der Waals surface area contributed by atoms with E-state index in [0.717, 1.165) is 5.56 Å². The molecule has 0 aliphatic rings. The van der Waals surface area contributed by atoms with Gasteiger partial charge in [-0.05, 0) is 24.6 Å². The summed E-state index contributed by atoms with van der Waals surface area (Å²) in [7, 11) is 6.09. The summed E-state index contributed by atoms with van der Waals surface area (Å²) in [4.78, 5) is 0. The molecular weight excluding hydrogens is 246 g/mol. The van der Waals surface area contributed by atoms with E-state index >= 15 is 0 Å². The molecule has 102 valence electrons. The Bertz CT molecular complexity index is 504. The van der Waals surface area contributed by atoms with E-state index in [1.165, 1.54) is 7.11 Å². The summed E-state index contributed by atoms with van der Waals surface area (Å²) in [5.74, 6) is 1.82. The monoisotopic (exact) mass is 263 g/mol. The molecule has 0 unspecified atom stereocenters. The molecule has 0 bridgehead atoms. The fourth-order valence-electron chi connectivity index (χ4n) is 1.71.